The smallest absolute Gasteiger partial charge is 0.462 e. The van der Waals surface area contributed by atoms with E-state index < -0.39 is 97.5 Å². The molecule has 0 aliphatic carbocycles. The summed E-state index contributed by atoms with van der Waals surface area (Å²) in [7, 11) is -9.91. The lowest BCUT2D eigenvalue weighted by Crippen LogP contribution is -2.30. The van der Waals surface area contributed by atoms with Crippen LogP contribution in [0.25, 0.3) is 0 Å². The lowest BCUT2D eigenvalue weighted by Gasteiger charge is -2.21. The molecule has 582 valence electrons. The Morgan fingerprint density at radius 1 is 0.286 bits per heavy atom. The quantitative estimate of drug-likeness (QED) is 0.0222. The van der Waals surface area contributed by atoms with E-state index in [-0.39, 0.29) is 25.7 Å². The van der Waals surface area contributed by atoms with Gasteiger partial charge in [-0.05, 0) is 49.4 Å². The number of unbranched alkanes of at least 4 members (excludes halogenated alkanes) is 41. The molecule has 17 nitrogen and oxygen atoms in total. The molecule has 0 aromatic carbocycles. The van der Waals surface area contributed by atoms with Crippen molar-refractivity contribution >= 4 is 39.5 Å². The van der Waals surface area contributed by atoms with E-state index in [0.717, 1.165) is 114 Å². The zero-order chi connectivity index (χ0) is 72.4. The van der Waals surface area contributed by atoms with Crippen molar-refractivity contribution in [2.75, 3.05) is 39.6 Å². The number of aliphatic hydroxyl groups excluding tert-OH is 1. The van der Waals surface area contributed by atoms with Crippen LogP contribution in [0, 0.1) is 23.7 Å². The van der Waals surface area contributed by atoms with Gasteiger partial charge in [0.05, 0.1) is 26.4 Å². The largest absolute Gasteiger partial charge is 0.472 e. The Labute approximate surface area is 600 Å². The molecule has 6 atom stereocenters. The second-order valence-electron chi connectivity index (χ2n) is 30.1. The third kappa shape index (κ3) is 71.1. The van der Waals surface area contributed by atoms with Crippen molar-refractivity contribution in [3.63, 3.8) is 0 Å². The van der Waals surface area contributed by atoms with E-state index in [0.29, 0.717) is 31.6 Å². The second-order valence-corrected chi connectivity index (χ2v) is 33.0. The van der Waals surface area contributed by atoms with Gasteiger partial charge in [-0.2, -0.15) is 0 Å². The Morgan fingerprint density at radius 3 is 0.724 bits per heavy atom. The topological polar surface area (TPSA) is 237 Å². The van der Waals surface area contributed by atoms with E-state index in [9.17, 15) is 43.2 Å². The Kier molecular flexibility index (Phi) is 66.8. The fourth-order valence-corrected chi connectivity index (χ4v) is 13.6. The minimum atomic E-state index is -4.96. The lowest BCUT2D eigenvalue weighted by molar-refractivity contribution is -0.161. The normalized spacial score (nSPS) is 14.3. The molecule has 0 amide bonds. The predicted molar refractivity (Wildman–Crippen MR) is 400 cm³/mol. The third-order valence-electron chi connectivity index (χ3n) is 18.7. The minimum absolute atomic E-state index is 0.104. The van der Waals surface area contributed by atoms with Crippen LogP contribution in [-0.2, 0) is 65.4 Å². The molecule has 0 aliphatic heterocycles. The van der Waals surface area contributed by atoms with Crippen LogP contribution in [0.4, 0.5) is 0 Å². The Morgan fingerprint density at radius 2 is 0.490 bits per heavy atom. The Balaban J connectivity index is 5.18. The van der Waals surface area contributed by atoms with Crippen LogP contribution in [0.1, 0.15) is 402 Å². The maximum absolute atomic E-state index is 13.1. The number of ether oxygens (including phenoxy) is 4. The maximum Gasteiger partial charge on any atom is 0.472 e. The molecule has 0 aliphatic rings. The summed E-state index contributed by atoms with van der Waals surface area (Å²) >= 11 is 0. The molecule has 98 heavy (non-hydrogen) atoms. The van der Waals surface area contributed by atoms with E-state index >= 15 is 0 Å². The molecule has 0 heterocycles. The first-order valence-electron chi connectivity index (χ1n) is 40.7. The van der Waals surface area contributed by atoms with Crippen molar-refractivity contribution in [2.24, 2.45) is 23.7 Å². The summed E-state index contributed by atoms with van der Waals surface area (Å²) in [4.78, 5) is 72.8. The van der Waals surface area contributed by atoms with Crippen LogP contribution in [0.5, 0.6) is 0 Å². The highest BCUT2D eigenvalue weighted by Gasteiger charge is 2.30. The molecule has 0 fully saturated rings. The molecule has 19 heteroatoms. The summed E-state index contributed by atoms with van der Waals surface area (Å²) in [6.45, 7) is 14.2. The van der Waals surface area contributed by atoms with Gasteiger partial charge in [-0.15, -0.1) is 0 Å². The highest BCUT2D eigenvalue weighted by Crippen LogP contribution is 2.45. The number of rotatable bonds is 76. The van der Waals surface area contributed by atoms with E-state index in [1.165, 1.54) is 199 Å². The van der Waals surface area contributed by atoms with Gasteiger partial charge in [0.25, 0.3) is 0 Å². The van der Waals surface area contributed by atoms with Crippen LogP contribution >= 0.6 is 15.6 Å². The van der Waals surface area contributed by atoms with E-state index in [2.05, 4.69) is 55.4 Å². The monoisotopic (exact) mass is 1440 g/mol. The van der Waals surface area contributed by atoms with Gasteiger partial charge in [-0.1, -0.05) is 351 Å². The molecule has 3 N–H and O–H groups in total. The number of phosphoric ester groups is 2. The Hall–Kier alpha value is -1.94. The number of hydrogen-bond donors (Lipinski definition) is 3. The Bertz CT molecular complexity index is 1920. The summed E-state index contributed by atoms with van der Waals surface area (Å²) in [6, 6.07) is 0. The van der Waals surface area contributed by atoms with Crippen LogP contribution in [0.3, 0.4) is 0 Å². The minimum Gasteiger partial charge on any atom is -0.462 e. The van der Waals surface area contributed by atoms with Crippen LogP contribution < -0.4 is 0 Å². The second kappa shape index (κ2) is 68.2. The van der Waals surface area contributed by atoms with Crippen LogP contribution in [0.2, 0.25) is 0 Å². The third-order valence-corrected chi connectivity index (χ3v) is 20.6. The average Bonchev–Trinajstić information content (AvgIpc) is 1.32. The summed E-state index contributed by atoms with van der Waals surface area (Å²) in [6.07, 6.45) is 54.4. The number of hydrogen-bond acceptors (Lipinski definition) is 15. The van der Waals surface area contributed by atoms with Crippen molar-refractivity contribution in [2.45, 2.75) is 420 Å². The first-order valence-corrected chi connectivity index (χ1v) is 43.7. The molecule has 0 saturated carbocycles. The zero-order valence-corrected chi connectivity index (χ0v) is 66.2. The molecular weight excluding hydrogens is 1280 g/mol. The SMILES string of the molecule is CCC(C)CCCCCCCCCCCCCCCCCCCCC(=O)OC[C@H](COP(=O)(O)OC[C@@H](O)COP(=O)(O)OC[C@@H](COC(=O)CCCCCCCCC(C)C)OC(=O)CCCCCCCCCCCC(C)C)OC(=O)CCCCCCCCCCCCCCC(C)C. The van der Waals surface area contributed by atoms with Crippen LogP contribution in [-0.4, -0.2) is 96.7 Å². The highest BCUT2D eigenvalue weighted by molar-refractivity contribution is 7.47. The summed E-state index contributed by atoms with van der Waals surface area (Å²) in [5.41, 5.74) is 0. The number of esters is 4. The molecule has 0 saturated heterocycles. The van der Waals surface area contributed by atoms with Gasteiger partial charge in [-0.3, -0.25) is 37.3 Å². The van der Waals surface area contributed by atoms with Gasteiger partial charge < -0.3 is 33.8 Å². The molecule has 0 rings (SSSR count). The molecule has 0 radical (unpaired) electrons. The van der Waals surface area contributed by atoms with Gasteiger partial charge in [-0.25, -0.2) is 9.13 Å². The van der Waals surface area contributed by atoms with Crippen molar-refractivity contribution in [3.05, 3.63) is 0 Å². The van der Waals surface area contributed by atoms with Crippen molar-refractivity contribution < 1.29 is 80.2 Å². The van der Waals surface area contributed by atoms with Gasteiger partial charge in [0.1, 0.15) is 19.3 Å². The van der Waals surface area contributed by atoms with Crippen molar-refractivity contribution in [3.8, 4) is 0 Å². The molecular formula is C79H154O17P2. The van der Waals surface area contributed by atoms with Crippen molar-refractivity contribution in [1.82, 2.24) is 0 Å². The lowest BCUT2D eigenvalue weighted by atomic mass is 9.99. The summed E-state index contributed by atoms with van der Waals surface area (Å²) < 4.78 is 68.6. The van der Waals surface area contributed by atoms with Crippen LogP contribution in [0.15, 0.2) is 0 Å². The van der Waals surface area contributed by atoms with Gasteiger partial charge >= 0.3 is 39.5 Å². The average molecular weight is 1440 g/mol. The predicted octanol–water partition coefficient (Wildman–Crippen LogP) is 23.2. The highest BCUT2D eigenvalue weighted by atomic mass is 31.2. The summed E-state index contributed by atoms with van der Waals surface area (Å²) in [5, 5.41) is 10.6. The van der Waals surface area contributed by atoms with Gasteiger partial charge in [0, 0.05) is 25.7 Å². The fourth-order valence-electron chi connectivity index (χ4n) is 12.0. The zero-order valence-electron chi connectivity index (χ0n) is 64.4. The molecule has 0 aromatic heterocycles. The van der Waals surface area contributed by atoms with E-state index in [4.69, 9.17) is 37.0 Å². The van der Waals surface area contributed by atoms with Crippen molar-refractivity contribution in [1.29, 1.82) is 0 Å². The summed E-state index contributed by atoms with van der Waals surface area (Å²) in [5.74, 6) is 0.946. The molecule has 3 unspecified atom stereocenters. The maximum atomic E-state index is 13.1. The first kappa shape index (κ1) is 96.1. The number of aliphatic hydroxyl groups is 1. The molecule has 0 bridgehead atoms. The standard InChI is InChI=1S/C79H154O17P2/c1-9-72(8)58-50-42-33-27-21-16-14-12-10-11-13-15-17-22-28-34-43-51-59-76(81)89-65-74(95-78(83)61-53-45-35-29-23-19-18-20-25-31-39-47-55-69(2)3)67-93-97(85,86)91-63-73(80)64-92-98(87,88)94-68-75(66-90-77(82)60-52-44-38-37-41-49-57-71(6)7)96-79(84)62-54-46-36-30-24-26-32-40-48-56-70(4)5/h69-75,80H,9-68H2,1-8H3,(H,85,86)(H,87,88)/t72?,73-,74-,75-/m1/s1. The molecule has 0 spiro atoms. The molecule has 0 aromatic rings. The number of phosphoric acid groups is 2. The number of carbonyl (C=O) groups excluding carboxylic acids is 4. The van der Waals surface area contributed by atoms with Gasteiger partial charge in [0.2, 0.25) is 0 Å². The number of carbonyl (C=O) groups is 4. The van der Waals surface area contributed by atoms with Gasteiger partial charge in [0.15, 0.2) is 12.2 Å². The van der Waals surface area contributed by atoms with E-state index in [1.807, 2.05) is 0 Å². The first-order chi connectivity index (χ1) is 47.1. The fraction of sp³-hybridized carbons (Fsp3) is 0.949. The van der Waals surface area contributed by atoms with E-state index in [1.54, 1.807) is 0 Å².